The van der Waals surface area contributed by atoms with Crippen LogP contribution < -0.4 is 0 Å². The van der Waals surface area contributed by atoms with Gasteiger partial charge in [0.05, 0.1) is 6.61 Å². The van der Waals surface area contributed by atoms with E-state index in [1.165, 1.54) is 6.08 Å². The quantitative estimate of drug-likeness (QED) is 0.457. The normalized spacial score (nSPS) is 11.2. The molecule has 0 amide bonds. The van der Waals surface area contributed by atoms with Crippen molar-refractivity contribution in [3.05, 3.63) is 71.1 Å². The Labute approximate surface area is 141 Å². The molecule has 2 rings (SSSR count). The second-order valence-electron chi connectivity index (χ2n) is 5.09. The Morgan fingerprint density at radius 1 is 1.08 bits per heavy atom. The van der Waals surface area contributed by atoms with Crippen molar-refractivity contribution >= 4 is 24.2 Å². The van der Waals surface area contributed by atoms with E-state index in [4.69, 9.17) is 10.00 Å². The lowest BCUT2D eigenvalue weighted by Crippen LogP contribution is -2.07. The topological polar surface area (TPSA) is 63.0 Å². The summed E-state index contributed by atoms with van der Waals surface area (Å²) in [5.41, 5.74) is 2.88. The molecular weight excluding hydrogens is 300 g/mol. The average Bonchev–Trinajstić information content (AvgIpc) is 2.64. The van der Waals surface area contributed by atoms with Crippen LogP contribution in [0.2, 0.25) is 0 Å². The lowest BCUT2D eigenvalue weighted by molar-refractivity contribution is -0.138. The van der Waals surface area contributed by atoms with Gasteiger partial charge in [0.15, 0.2) is 0 Å². The van der Waals surface area contributed by atoms with Crippen LogP contribution >= 0.6 is 0 Å². The highest BCUT2D eigenvalue weighted by molar-refractivity contribution is 5.97. The first-order chi connectivity index (χ1) is 11.7. The predicted molar refractivity (Wildman–Crippen MR) is 94.4 cm³/mol. The Morgan fingerprint density at radius 3 is 2.25 bits per heavy atom. The molecule has 0 atom stereocenters. The lowest BCUT2D eigenvalue weighted by Gasteiger charge is -2.02. The van der Waals surface area contributed by atoms with E-state index in [0.717, 1.165) is 23.1 Å². The van der Waals surface area contributed by atoms with Crippen LogP contribution in [0.1, 0.15) is 30.0 Å². The van der Waals surface area contributed by atoms with Gasteiger partial charge in [0, 0.05) is 12.4 Å². The summed E-state index contributed by atoms with van der Waals surface area (Å²) in [7, 11) is 0. The molecular formula is C20H18N2O2. The Balaban J connectivity index is 2.08. The van der Waals surface area contributed by atoms with Gasteiger partial charge < -0.3 is 4.74 Å². The number of nitriles is 1. The molecule has 1 aromatic carbocycles. The number of pyridine rings is 1. The Morgan fingerprint density at radius 2 is 1.67 bits per heavy atom. The highest BCUT2D eigenvalue weighted by Gasteiger charge is 2.09. The number of hydrogen-bond donors (Lipinski definition) is 0. The maximum Gasteiger partial charge on any atom is 0.348 e. The summed E-state index contributed by atoms with van der Waals surface area (Å²) in [5, 5.41) is 9.09. The average molecular weight is 318 g/mol. The number of hydrogen-bond acceptors (Lipinski definition) is 4. The molecule has 0 saturated heterocycles. The number of rotatable bonds is 6. The van der Waals surface area contributed by atoms with Gasteiger partial charge in [-0.3, -0.25) is 4.98 Å². The molecule has 0 bridgehead atoms. The molecule has 4 nitrogen and oxygen atoms in total. The van der Waals surface area contributed by atoms with Crippen molar-refractivity contribution in [2.45, 2.75) is 13.3 Å². The van der Waals surface area contributed by atoms with Crippen LogP contribution in [0.4, 0.5) is 0 Å². The van der Waals surface area contributed by atoms with Crippen LogP contribution in [0.5, 0.6) is 0 Å². The van der Waals surface area contributed by atoms with Crippen molar-refractivity contribution < 1.29 is 9.53 Å². The van der Waals surface area contributed by atoms with Crippen LogP contribution in [0.15, 0.2) is 54.4 Å². The van der Waals surface area contributed by atoms with Crippen molar-refractivity contribution in [3.63, 3.8) is 0 Å². The van der Waals surface area contributed by atoms with Gasteiger partial charge in [0.25, 0.3) is 0 Å². The Hall–Kier alpha value is -3.19. The van der Waals surface area contributed by atoms with Crippen LogP contribution in [0.25, 0.3) is 18.2 Å². The Kier molecular flexibility index (Phi) is 6.48. The van der Waals surface area contributed by atoms with E-state index in [1.807, 2.05) is 61.5 Å². The summed E-state index contributed by atoms with van der Waals surface area (Å²) in [4.78, 5) is 15.7. The zero-order valence-electron chi connectivity index (χ0n) is 13.5. The van der Waals surface area contributed by atoms with Gasteiger partial charge in [-0.15, -0.1) is 0 Å². The maximum absolute atomic E-state index is 11.7. The standard InChI is InChI=1S/C20H18N2O2/c1-2-13-24-20(23)19(15-21)14-18-7-5-16(6-8-18)3-4-17-9-11-22-12-10-17/h3-12,14H,2,13H2,1H3. The number of aromatic nitrogens is 1. The van der Waals surface area contributed by atoms with Crippen molar-refractivity contribution in [1.82, 2.24) is 4.98 Å². The molecule has 1 heterocycles. The number of carbonyl (C=O) groups excluding carboxylic acids is 1. The van der Waals surface area contributed by atoms with Crippen LogP contribution in [-0.4, -0.2) is 17.6 Å². The van der Waals surface area contributed by atoms with E-state index in [-0.39, 0.29) is 5.57 Å². The highest BCUT2D eigenvalue weighted by atomic mass is 16.5. The molecule has 0 N–H and O–H groups in total. The molecule has 1 aromatic heterocycles. The van der Waals surface area contributed by atoms with Gasteiger partial charge in [-0.05, 0) is 41.3 Å². The van der Waals surface area contributed by atoms with Gasteiger partial charge >= 0.3 is 5.97 Å². The molecule has 0 aliphatic heterocycles. The van der Waals surface area contributed by atoms with E-state index in [1.54, 1.807) is 12.4 Å². The van der Waals surface area contributed by atoms with E-state index >= 15 is 0 Å². The molecule has 4 heteroatoms. The summed E-state index contributed by atoms with van der Waals surface area (Å²) in [6.45, 7) is 2.22. The van der Waals surface area contributed by atoms with Gasteiger partial charge in [-0.2, -0.15) is 5.26 Å². The van der Waals surface area contributed by atoms with Crippen molar-refractivity contribution in [2.75, 3.05) is 6.61 Å². The van der Waals surface area contributed by atoms with Crippen LogP contribution in [-0.2, 0) is 9.53 Å². The molecule has 0 radical (unpaired) electrons. The summed E-state index contributed by atoms with van der Waals surface area (Å²) in [5.74, 6) is -0.582. The van der Waals surface area contributed by atoms with E-state index in [0.29, 0.717) is 6.61 Å². The van der Waals surface area contributed by atoms with Gasteiger partial charge in [-0.25, -0.2) is 4.79 Å². The molecule has 0 fully saturated rings. The summed E-state index contributed by atoms with van der Waals surface area (Å²) >= 11 is 0. The summed E-state index contributed by atoms with van der Waals surface area (Å²) in [6.07, 6.45) is 9.74. The number of carbonyl (C=O) groups is 1. The molecule has 0 saturated carbocycles. The van der Waals surface area contributed by atoms with Gasteiger partial charge in [-0.1, -0.05) is 43.3 Å². The van der Waals surface area contributed by atoms with E-state index in [9.17, 15) is 4.79 Å². The van der Waals surface area contributed by atoms with E-state index < -0.39 is 5.97 Å². The fraction of sp³-hybridized carbons (Fsp3) is 0.150. The number of esters is 1. The van der Waals surface area contributed by atoms with Gasteiger partial charge in [0.2, 0.25) is 0 Å². The third-order valence-electron chi connectivity index (χ3n) is 3.20. The van der Waals surface area contributed by atoms with Gasteiger partial charge in [0.1, 0.15) is 11.6 Å². The largest absolute Gasteiger partial charge is 0.462 e. The number of ether oxygens (including phenoxy) is 1. The maximum atomic E-state index is 11.7. The van der Waals surface area contributed by atoms with Crippen molar-refractivity contribution in [3.8, 4) is 6.07 Å². The molecule has 2 aromatic rings. The monoisotopic (exact) mass is 318 g/mol. The molecule has 0 aliphatic carbocycles. The first-order valence-electron chi connectivity index (χ1n) is 7.70. The minimum absolute atomic E-state index is 0.00327. The zero-order chi connectivity index (χ0) is 17.2. The Bertz CT molecular complexity index is 770. The first kappa shape index (κ1) is 17.2. The summed E-state index contributed by atoms with van der Waals surface area (Å²) < 4.78 is 4.98. The molecule has 0 aliphatic rings. The minimum Gasteiger partial charge on any atom is -0.462 e. The molecule has 24 heavy (non-hydrogen) atoms. The second kappa shape index (κ2) is 9.06. The van der Waals surface area contributed by atoms with Crippen LogP contribution in [0, 0.1) is 11.3 Å². The fourth-order valence-electron chi connectivity index (χ4n) is 1.95. The number of benzene rings is 1. The fourth-order valence-corrected chi connectivity index (χ4v) is 1.95. The number of nitrogens with zero attached hydrogens (tertiary/aromatic N) is 2. The molecule has 0 spiro atoms. The minimum atomic E-state index is -0.582. The van der Waals surface area contributed by atoms with Crippen LogP contribution in [0.3, 0.4) is 0 Å². The third kappa shape index (κ3) is 5.22. The molecule has 120 valence electrons. The lowest BCUT2D eigenvalue weighted by atomic mass is 10.1. The van der Waals surface area contributed by atoms with Crippen molar-refractivity contribution in [2.24, 2.45) is 0 Å². The third-order valence-corrected chi connectivity index (χ3v) is 3.20. The SMILES string of the molecule is CCCOC(=O)C(C#N)=Cc1ccc(C=Cc2ccncc2)cc1. The zero-order valence-corrected chi connectivity index (χ0v) is 13.5. The summed E-state index contributed by atoms with van der Waals surface area (Å²) in [6, 6.07) is 13.3. The van der Waals surface area contributed by atoms with Crippen molar-refractivity contribution in [1.29, 1.82) is 5.26 Å². The van der Waals surface area contributed by atoms with E-state index in [2.05, 4.69) is 4.98 Å². The second-order valence-corrected chi connectivity index (χ2v) is 5.09. The first-order valence-corrected chi connectivity index (χ1v) is 7.70. The highest BCUT2D eigenvalue weighted by Crippen LogP contribution is 2.12. The predicted octanol–water partition coefficient (Wildman–Crippen LogP) is 4.11. The molecule has 0 unspecified atom stereocenters. The smallest absolute Gasteiger partial charge is 0.348 e.